The minimum absolute atomic E-state index is 0.0624. The van der Waals surface area contributed by atoms with Crippen molar-refractivity contribution in [2.45, 2.75) is 38.3 Å². The van der Waals surface area contributed by atoms with Crippen molar-refractivity contribution in [2.24, 2.45) is 5.92 Å². The fourth-order valence-electron chi connectivity index (χ4n) is 4.10. The van der Waals surface area contributed by atoms with E-state index in [9.17, 15) is 4.79 Å². The molecule has 1 N–H and O–H groups in total. The number of piperidine rings is 1. The van der Waals surface area contributed by atoms with E-state index in [1.807, 2.05) is 6.07 Å². The Labute approximate surface area is 167 Å². The number of anilines is 1. The molecule has 146 valence electrons. The third-order valence-corrected chi connectivity index (χ3v) is 8.24. The van der Waals surface area contributed by atoms with Gasteiger partial charge in [-0.05, 0) is 31.2 Å². The summed E-state index contributed by atoms with van der Waals surface area (Å²) in [7, 11) is 0. The summed E-state index contributed by atoms with van der Waals surface area (Å²) >= 11 is 3.25. The van der Waals surface area contributed by atoms with Crippen molar-refractivity contribution < 1.29 is 9.53 Å². The summed E-state index contributed by atoms with van der Waals surface area (Å²) in [6.45, 7) is 8.20. The molecule has 0 unspecified atom stereocenters. The second-order valence-corrected chi connectivity index (χ2v) is 9.98. The van der Waals surface area contributed by atoms with Crippen molar-refractivity contribution in [3.8, 4) is 0 Å². The Bertz CT molecular complexity index is 789. The molecule has 1 amide bonds. The van der Waals surface area contributed by atoms with Gasteiger partial charge in [0.2, 0.25) is 0 Å². The van der Waals surface area contributed by atoms with Gasteiger partial charge in [0.15, 0.2) is 5.13 Å². The molecule has 4 heterocycles. The van der Waals surface area contributed by atoms with Gasteiger partial charge in [0, 0.05) is 38.3 Å². The normalized spacial score (nSPS) is 27.2. The first-order chi connectivity index (χ1) is 13.2. The molecule has 2 aliphatic heterocycles. The zero-order chi connectivity index (χ0) is 18.4. The Hall–Kier alpha value is -1.22. The van der Waals surface area contributed by atoms with Crippen molar-refractivity contribution in [3.63, 3.8) is 0 Å². The van der Waals surface area contributed by atoms with E-state index in [0.29, 0.717) is 18.0 Å². The van der Waals surface area contributed by atoms with Crippen molar-refractivity contribution in [1.29, 1.82) is 0 Å². The number of carbonyl (C=O) groups excluding carboxylic acids is 1. The Kier molecular flexibility index (Phi) is 4.83. The molecule has 2 aromatic heterocycles. The summed E-state index contributed by atoms with van der Waals surface area (Å²) in [4.78, 5) is 24.0. The average molecular weight is 407 g/mol. The third-order valence-electron chi connectivity index (χ3n) is 6.02. The SMILES string of the molecule is C[C@H]1C[C@@H]1NC(=O)c1cc2sc(N3CCC(N4CCOCC4)CC3)nc2s1. The fourth-order valence-corrected chi connectivity index (χ4v) is 6.26. The number of nitrogens with one attached hydrogen (secondary N) is 1. The summed E-state index contributed by atoms with van der Waals surface area (Å²) in [6.07, 6.45) is 3.50. The summed E-state index contributed by atoms with van der Waals surface area (Å²) in [5, 5.41) is 4.22. The van der Waals surface area contributed by atoms with Gasteiger partial charge >= 0.3 is 0 Å². The predicted molar refractivity (Wildman–Crippen MR) is 110 cm³/mol. The van der Waals surface area contributed by atoms with Crippen LogP contribution in [0.4, 0.5) is 5.13 Å². The molecular formula is C19H26N4O2S2. The number of amides is 1. The number of nitrogens with zero attached hydrogens (tertiary/aromatic N) is 3. The molecule has 1 aliphatic carbocycles. The third kappa shape index (κ3) is 3.72. The van der Waals surface area contributed by atoms with Gasteiger partial charge in [-0.25, -0.2) is 4.98 Å². The van der Waals surface area contributed by atoms with Crippen LogP contribution in [0.5, 0.6) is 0 Å². The van der Waals surface area contributed by atoms with Crippen LogP contribution in [0.2, 0.25) is 0 Å². The first-order valence-electron chi connectivity index (χ1n) is 9.95. The maximum Gasteiger partial charge on any atom is 0.261 e. The molecular weight excluding hydrogens is 380 g/mol. The summed E-state index contributed by atoms with van der Waals surface area (Å²) in [5.41, 5.74) is 0. The maximum absolute atomic E-state index is 12.3. The summed E-state index contributed by atoms with van der Waals surface area (Å²) in [6, 6.07) is 3.07. The van der Waals surface area contributed by atoms with Crippen LogP contribution in [-0.4, -0.2) is 67.3 Å². The zero-order valence-corrected chi connectivity index (χ0v) is 17.3. The van der Waals surface area contributed by atoms with Crippen molar-refractivity contribution in [1.82, 2.24) is 15.2 Å². The van der Waals surface area contributed by atoms with E-state index in [-0.39, 0.29) is 5.91 Å². The molecule has 6 nitrogen and oxygen atoms in total. The molecule has 8 heteroatoms. The van der Waals surface area contributed by atoms with Crippen molar-refractivity contribution in [2.75, 3.05) is 44.3 Å². The largest absolute Gasteiger partial charge is 0.379 e. The number of thiazole rings is 1. The van der Waals surface area contributed by atoms with Crippen LogP contribution in [0.3, 0.4) is 0 Å². The van der Waals surface area contributed by atoms with Crippen LogP contribution in [-0.2, 0) is 4.74 Å². The van der Waals surface area contributed by atoms with Crippen LogP contribution >= 0.6 is 22.7 Å². The van der Waals surface area contributed by atoms with E-state index in [0.717, 1.165) is 65.4 Å². The van der Waals surface area contributed by atoms with Crippen molar-refractivity contribution in [3.05, 3.63) is 10.9 Å². The van der Waals surface area contributed by atoms with Gasteiger partial charge in [0.25, 0.3) is 5.91 Å². The highest BCUT2D eigenvalue weighted by Gasteiger charge is 2.34. The van der Waals surface area contributed by atoms with E-state index in [4.69, 9.17) is 9.72 Å². The lowest BCUT2D eigenvalue weighted by Crippen LogP contribution is -2.49. The average Bonchev–Trinajstić information content (AvgIpc) is 3.07. The molecule has 0 spiro atoms. The molecule has 3 aliphatic rings. The molecule has 0 radical (unpaired) electrons. The minimum Gasteiger partial charge on any atom is -0.379 e. The molecule has 5 rings (SSSR count). The molecule has 0 bridgehead atoms. The zero-order valence-electron chi connectivity index (χ0n) is 15.6. The van der Waals surface area contributed by atoms with E-state index in [1.54, 1.807) is 11.3 Å². The van der Waals surface area contributed by atoms with Gasteiger partial charge in [-0.3, -0.25) is 9.69 Å². The van der Waals surface area contributed by atoms with Gasteiger partial charge in [0.1, 0.15) is 4.83 Å². The number of hydrogen-bond donors (Lipinski definition) is 1. The number of fused-ring (bicyclic) bond motifs is 1. The number of aromatic nitrogens is 1. The number of hydrogen-bond acceptors (Lipinski definition) is 7. The predicted octanol–water partition coefficient (Wildman–Crippen LogP) is 2.80. The molecule has 2 atom stereocenters. The van der Waals surface area contributed by atoms with E-state index < -0.39 is 0 Å². The Morgan fingerprint density at radius 3 is 2.63 bits per heavy atom. The smallest absolute Gasteiger partial charge is 0.261 e. The van der Waals surface area contributed by atoms with E-state index in [2.05, 4.69) is 22.0 Å². The standard InChI is InChI=1S/C19H26N4O2S2/c1-12-10-14(12)20-17(24)15-11-16-18(26-15)21-19(27-16)23-4-2-13(3-5-23)22-6-8-25-9-7-22/h11-14H,2-10H2,1H3,(H,20,24)/t12-,14-/m0/s1. The first-order valence-corrected chi connectivity index (χ1v) is 11.6. The highest BCUT2D eigenvalue weighted by Crippen LogP contribution is 2.36. The number of thiophene rings is 1. The van der Waals surface area contributed by atoms with Crippen LogP contribution in [0, 0.1) is 5.92 Å². The van der Waals surface area contributed by atoms with E-state index in [1.165, 1.54) is 24.2 Å². The van der Waals surface area contributed by atoms with Gasteiger partial charge in [-0.15, -0.1) is 11.3 Å². The van der Waals surface area contributed by atoms with E-state index >= 15 is 0 Å². The molecule has 3 fully saturated rings. The van der Waals surface area contributed by atoms with Gasteiger partial charge in [0.05, 0.1) is 22.8 Å². The van der Waals surface area contributed by atoms with Crippen LogP contribution < -0.4 is 10.2 Å². The van der Waals surface area contributed by atoms with Crippen molar-refractivity contribution >= 4 is 43.2 Å². The lowest BCUT2D eigenvalue weighted by atomic mass is 10.0. The Morgan fingerprint density at radius 1 is 1.22 bits per heavy atom. The monoisotopic (exact) mass is 406 g/mol. The lowest BCUT2D eigenvalue weighted by molar-refractivity contribution is 0.0115. The number of carbonyl (C=O) groups is 1. The molecule has 27 heavy (non-hydrogen) atoms. The van der Waals surface area contributed by atoms with Gasteiger partial charge < -0.3 is 15.0 Å². The summed E-state index contributed by atoms with van der Waals surface area (Å²) < 4.78 is 6.61. The minimum atomic E-state index is 0.0624. The fraction of sp³-hybridized carbons (Fsp3) is 0.684. The number of morpholine rings is 1. The second-order valence-electron chi connectivity index (χ2n) is 7.94. The Balaban J connectivity index is 1.21. The van der Waals surface area contributed by atoms with Crippen LogP contribution in [0.15, 0.2) is 6.07 Å². The number of ether oxygens (including phenoxy) is 1. The van der Waals surface area contributed by atoms with Gasteiger partial charge in [-0.2, -0.15) is 0 Å². The second kappa shape index (κ2) is 7.31. The lowest BCUT2D eigenvalue weighted by Gasteiger charge is -2.40. The molecule has 1 saturated carbocycles. The topological polar surface area (TPSA) is 57.7 Å². The quantitative estimate of drug-likeness (QED) is 0.846. The molecule has 2 saturated heterocycles. The first kappa shape index (κ1) is 17.8. The maximum atomic E-state index is 12.3. The number of rotatable bonds is 4. The molecule has 0 aromatic carbocycles. The summed E-state index contributed by atoms with van der Waals surface area (Å²) in [5.74, 6) is 0.688. The highest BCUT2D eigenvalue weighted by atomic mass is 32.1. The van der Waals surface area contributed by atoms with Crippen LogP contribution in [0.1, 0.15) is 35.9 Å². The Morgan fingerprint density at radius 2 is 1.96 bits per heavy atom. The highest BCUT2D eigenvalue weighted by molar-refractivity contribution is 7.29. The van der Waals surface area contributed by atoms with Crippen LogP contribution in [0.25, 0.3) is 9.53 Å². The van der Waals surface area contributed by atoms with Gasteiger partial charge in [-0.1, -0.05) is 18.3 Å². The molecule has 2 aromatic rings.